The Bertz CT molecular complexity index is 2170. The zero-order chi connectivity index (χ0) is 44.7. The molecule has 0 spiro atoms. The first kappa shape index (κ1) is 45.4. The van der Waals surface area contributed by atoms with Crippen molar-refractivity contribution in [3.63, 3.8) is 0 Å². The summed E-state index contributed by atoms with van der Waals surface area (Å²) in [7, 11) is 1.44. The lowest BCUT2D eigenvalue weighted by molar-refractivity contribution is -0.160. The van der Waals surface area contributed by atoms with Gasteiger partial charge in [0.1, 0.15) is 23.4 Å². The number of carbonyl (C=O) groups excluding carboxylic acids is 3. The van der Waals surface area contributed by atoms with Gasteiger partial charge in [0.05, 0.1) is 59.5 Å². The van der Waals surface area contributed by atoms with Crippen LogP contribution in [0, 0.1) is 30.6 Å². The molecule has 0 radical (unpaired) electrons. The lowest BCUT2D eigenvalue weighted by Gasteiger charge is -2.38. The molecule has 61 heavy (non-hydrogen) atoms. The largest absolute Gasteiger partial charge is 0.507 e. The summed E-state index contributed by atoms with van der Waals surface area (Å²) in [6, 6.07) is 0.315. The third-order valence-corrected chi connectivity index (χ3v) is 12.9. The molecule has 332 valence electrons. The van der Waals surface area contributed by atoms with E-state index >= 15 is 0 Å². The number of fused-ring (bicyclic) bond motifs is 15. The number of aromatic hydroxyl groups is 3. The van der Waals surface area contributed by atoms with Gasteiger partial charge in [-0.05, 0) is 39.3 Å². The van der Waals surface area contributed by atoms with E-state index < -0.39 is 88.8 Å². The van der Waals surface area contributed by atoms with Gasteiger partial charge >= 0.3 is 11.8 Å². The molecule has 5 aliphatic rings. The average molecular weight is 849 g/mol. The van der Waals surface area contributed by atoms with Gasteiger partial charge in [0.2, 0.25) is 0 Å². The molecule has 5 heterocycles. The van der Waals surface area contributed by atoms with E-state index in [1.807, 2.05) is 5.01 Å². The van der Waals surface area contributed by atoms with Gasteiger partial charge in [0.15, 0.2) is 5.75 Å². The Morgan fingerprint density at radius 1 is 0.967 bits per heavy atom. The first-order valence-electron chi connectivity index (χ1n) is 20.9. The second-order valence-corrected chi connectivity index (χ2v) is 17.1. The van der Waals surface area contributed by atoms with Crippen LogP contribution in [-0.4, -0.2) is 129 Å². The third-order valence-electron chi connectivity index (χ3n) is 12.9. The van der Waals surface area contributed by atoms with Gasteiger partial charge in [-0.2, -0.15) is 5.10 Å². The summed E-state index contributed by atoms with van der Waals surface area (Å²) in [5, 5.41) is 67.4. The summed E-state index contributed by atoms with van der Waals surface area (Å²) < 4.78 is 23.7. The molecule has 5 aliphatic heterocycles. The summed E-state index contributed by atoms with van der Waals surface area (Å²) in [5.74, 6) is -8.28. The quantitative estimate of drug-likeness (QED) is 0.105. The number of hydrazone groups is 1. The predicted molar refractivity (Wildman–Crippen MR) is 228 cm³/mol. The van der Waals surface area contributed by atoms with Crippen LogP contribution < -0.4 is 10.1 Å². The fourth-order valence-electron chi connectivity index (χ4n) is 9.09. The number of piperazine rings is 1. The van der Waals surface area contributed by atoms with Crippen LogP contribution >= 0.6 is 0 Å². The van der Waals surface area contributed by atoms with E-state index in [0.717, 1.165) is 25.9 Å². The van der Waals surface area contributed by atoms with E-state index in [4.69, 9.17) is 18.9 Å². The highest BCUT2D eigenvalue weighted by Gasteiger charge is 2.50. The number of nitrogens with zero attached hydrogens (tertiary/aromatic N) is 3. The molecule has 16 nitrogen and oxygen atoms in total. The number of amides is 1. The highest BCUT2D eigenvalue weighted by molar-refractivity contribution is 6.23. The molecule has 0 saturated carbocycles. The van der Waals surface area contributed by atoms with E-state index in [9.17, 15) is 39.9 Å². The Morgan fingerprint density at radius 2 is 1.69 bits per heavy atom. The minimum Gasteiger partial charge on any atom is -0.507 e. The lowest BCUT2D eigenvalue weighted by atomic mass is 9.78. The molecule has 1 unspecified atom stereocenters. The van der Waals surface area contributed by atoms with Crippen LogP contribution in [0.15, 0.2) is 41.2 Å². The first-order valence-corrected chi connectivity index (χ1v) is 20.9. The van der Waals surface area contributed by atoms with Crippen molar-refractivity contribution in [3.8, 4) is 23.0 Å². The number of nitrogens with one attached hydrogen (secondary N) is 1. The standard InChI is InChI=1S/C45H60N4O12/c1-22-12-10-13-23(2)44(57)47-35-30(20-46-49-18-17-48-16-11-14-29(48)21-49)39(54)32-33(40(35)55)38(53)27(6)42-34(32)43(56)45(8,61-42)59-19-15-31(58-9)24(3)41(60-28(7)50)26(5)37(52)25(4)36(22)51/h10,12-13,15,19-20,22,24-26,29,31,36-37,41,51-55H,11,14,16-18,21H2,1-9H3,(H,47,57)/b12-10+,19-15+,23-13-,46-20-/t22-,24+,25+,26+,29?,31-,36-,37+,41+,45-/m0/s1. The highest BCUT2D eigenvalue weighted by Crippen LogP contribution is 2.55. The number of esters is 1. The number of rotatable bonds is 4. The lowest BCUT2D eigenvalue weighted by Crippen LogP contribution is -2.48. The number of hydrogen-bond acceptors (Lipinski definition) is 15. The zero-order valence-corrected chi connectivity index (χ0v) is 36.3. The number of methoxy groups -OCH3 is 1. The molecule has 1 amide bonds. The number of phenolic OH excluding ortho intramolecular Hbond substituents is 3. The monoisotopic (exact) mass is 848 g/mol. The van der Waals surface area contributed by atoms with Gasteiger partial charge in [-0.15, -0.1) is 0 Å². The van der Waals surface area contributed by atoms with Crippen molar-refractivity contribution in [3.05, 3.63) is 52.8 Å². The summed E-state index contributed by atoms with van der Waals surface area (Å²) >= 11 is 0. The maximum atomic E-state index is 14.5. The second-order valence-electron chi connectivity index (χ2n) is 17.1. The van der Waals surface area contributed by atoms with Crippen LogP contribution in [0.25, 0.3) is 10.8 Å². The van der Waals surface area contributed by atoms with Gasteiger partial charge < -0.3 is 49.8 Å². The molecule has 16 heteroatoms. The number of phenols is 3. The van der Waals surface area contributed by atoms with Crippen molar-refractivity contribution >= 4 is 40.3 Å². The Hall–Kier alpha value is -5.16. The van der Waals surface area contributed by atoms with E-state index in [2.05, 4.69) is 15.3 Å². The predicted octanol–water partition coefficient (Wildman–Crippen LogP) is 4.87. The number of ether oxygens (including phenoxy) is 4. The molecule has 6 N–H and O–H groups in total. The minimum absolute atomic E-state index is 0.0624. The number of benzene rings is 2. The van der Waals surface area contributed by atoms with Gasteiger partial charge in [-0.25, -0.2) is 0 Å². The first-order chi connectivity index (χ1) is 28.8. The van der Waals surface area contributed by atoms with Crippen molar-refractivity contribution in [2.75, 3.05) is 38.6 Å². The molecule has 0 aliphatic carbocycles. The summed E-state index contributed by atoms with van der Waals surface area (Å²) in [6.45, 7) is 15.6. The molecule has 5 bridgehead atoms. The number of aliphatic hydroxyl groups is 2. The number of Topliss-reactive ketones (excluding diaryl/α,β-unsaturated/α-hetero) is 1. The number of aliphatic hydroxyl groups excluding tert-OH is 2. The number of ketones is 1. The number of anilines is 1. The van der Waals surface area contributed by atoms with Gasteiger partial charge in [-0.3, -0.25) is 24.3 Å². The van der Waals surface area contributed by atoms with E-state index in [1.165, 1.54) is 59.4 Å². The average Bonchev–Trinajstić information content (AvgIpc) is 3.80. The van der Waals surface area contributed by atoms with Crippen LogP contribution in [0.1, 0.15) is 82.8 Å². The van der Waals surface area contributed by atoms with Crippen molar-refractivity contribution in [1.29, 1.82) is 0 Å². The van der Waals surface area contributed by atoms with Crippen molar-refractivity contribution in [1.82, 2.24) is 9.91 Å². The normalized spacial score (nSPS) is 33.5. The molecule has 0 aromatic heterocycles. The van der Waals surface area contributed by atoms with Crippen LogP contribution in [0.3, 0.4) is 0 Å². The Morgan fingerprint density at radius 3 is 2.38 bits per heavy atom. The minimum atomic E-state index is -2.04. The van der Waals surface area contributed by atoms with Crippen LogP contribution in [0.5, 0.6) is 23.0 Å². The summed E-state index contributed by atoms with van der Waals surface area (Å²) in [4.78, 5) is 43.1. The van der Waals surface area contributed by atoms with Crippen molar-refractivity contribution < 1.29 is 58.9 Å². The van der Waals surface area contributed by atoms with Gasteiger partial charge in [0.25, 0.3) is 11.7 Å². The zero-order valence-electron chi connectivity index (χ0n) is 36.3. The Labute approximate surface area is 356 Å². The van der Waals surface area contributed by atoms with Crippen LogP contribution in [0.4, 0.5) is 5.69 Å². The molecule has 2 fully saturated rings. The fraction of sp³-hybridized carbons (Fsp3) is 0.556. The fourth-order valence-corrected chi connectivity index (χ4v) is 9.09. The molecular weight excluding hydrogens is 789 g/mol. The van der Waals surface area contributed by atoms with E-state index in [1.54, 1.807) is 39.8 Å². The second kappa shape index (κ2) is 18.1. The number of hydrogen-bond donors (Lipinski definition) is 6. The van der Waals surface area contributed by atoms with Crippen molar-refractivity contribution in [2.24, 2.45) is 28.8 Å². The van der Waals surface area contributed by atoms with Gasteiger partial charge in [-0.1, -0.05) is 45.9 Å². The molecule has 2 aromatic rings. The maximum absolute atomic E-state index is 14.5. The molecular formula is C45H60N4O12. The molecule has 10 atom stereocenters. The highest BCUT2D eigenvalue weighted by atomic mass is 16.7. The number of carbonyl (C=O) groups is 3. The topological polar surface area (TPSA) is 220 Å². The Balaban J connectivity index is 1.50. The van der Waals surface area contributed by atoms with E-state index in [-0.39, 0.29) is 44.5 Å². The number of allylic oxidation sites excluding steroid dienone is 2. The third kappa shape index (κ3) is 8.68. The Kier molecular flexibility index (Phi) is 13.4. The summed E-state index contributed by atoms with van der Waals surface area (Å²) in [6.07, 6.45) is 7.06. The molecule has 7 rings (SSSR count). The molecule has 2 saturated heterocycles. The van der Waals surface area contributed by atoms with Crippen LogP contribution in [0.2, 0.25) is 0 Å². The summed E-state index contributed by atoms with van der Waals surface area (Å²) in [5.41, 5.74) is -0.294. The van der Waals surface area contributed by atoms with Crippen LogP contribution in [-0.2, 0) is 23.8 Å². The van der Waals surface area contributed by atoms with Crippen molar-refractivity contribution in [2.45, 2.75) is 104 Å². The van der Waals surface area contributed by atoms with E-state index in [0.29, 0.717) is 19.1 Å². The SMILES string of the molecule is CO[C@H]1/C=C/O[C@@]2(C)Oc3c(C)c(O)c4c(O)c(c(/C=N\N5CCN6CCCC6C5)c(O)c4c3C2=O)NC(=O)/C(C)=C\C=C\[C@H](C)[C@H](O)[C@@H](C)[C@@H](O)[C@@H](C)[C@H](OC(C)=O)[C@@H]1C. The molecule has 2 aromatic carbocycles. The smallest absolute Gasteiger partial charge is 0.312 e. The van der Waals surface area contributed by atoms with Gasteiger partial charge in [0, 0.05) is 80.3 Å². The maximum Gasteiger partial charge on any atom is 0.312 e.